The summed E-state index contributed by atoms with van der Waals surface area (Å²) in [7, 11) is 0. The van der Waals surface area contributed by atoms with Gasteiger partial charge in [0.15, 0.2) is 5.82 Å². The highest BCUT2D eigenvalue weighted by Crippen LogP contribution is 2.22. The summed E-state index contributed by atoms with van der Waals surface area (Å²) in [6, 6.07) is 16.5. The molecule has 0 aliphatic heterocycles. The number of aromatic nitrogens is 2. The van der Waals surface area contributed by atoms with Gasteiger partial charge in [-0.15, -0.1) is 0 Å². The molecular formula is C16H12N2. The molecule has 0 saturated heterocycles. The van der Waals surface area contributed by atoms with Crippen molar-refractivity contribution in [3.8, 4) is 11.3 Å². The summed E-state index contributed by atoms with van der Waals surface area (Å²) < 4.78 is 0. The molecule has 18 heavy (non-hydrogen) atoms. The quantitative estimate of drug-likeness (QED) is 0.668. The van der Waals surface area contributed by atoms with Gasteiger partial charge in [-0.3, -0.25) is 0 Å². The Balaban J connectivity index is 2.15. The molecule has 2 heteroatoms. The molecule has 0 fully saturated rings. The van der Waals surface area contributed by atoms with Crippen LogP contribution in [-0.2, 0) is 0 Å². The molecule has 1 heterocycles. The van der Waals surface area contributed by atoms with Crippen LogP contribution in [-0.4, -0.2) is 9.97 Å². The Hall–Kier alpha value is -2.48. The minimum Gasteiger partial charge on any atom is -0.237 e. The number of nitrogens with zero attached hydrogens (tertiary/aromatic N) is 2. The molecule has 0 radical (unpaired) electrons. The molecule has 0 saturated carbocycles. The average molecular weight is 232 g/mol. The minimum absolute atomic E-state index is 0.653. The molecule has 1 aromatic heterocycles. The van der Waals surface area contributed by atoms with Gasteiger partial charge < -0.3 is 0 Å². The Morgan fingerprint density at radius 2 is 1.78 bits per heavy atom. The van der Waals surface area contributed by atoms with E-state index in [2.05, 4.69) is 46.9 Å². The summed E-state index contributed by atoms with van der Waals surface area (Å²) in [5, 5.41) is 2.45. The van der Waals surface area contributed by atoms with Crippen molar-refractivity contribution in [2.45, 2.75) is 0 Å². The van der Waals surface area contributed by atoms with Crippen LogP contribution < -0.4 is 0 Å². The summed E-state index contributed by atoms with van der Waals surface area (Å²) in [6.45, 7) is 3.69. The number of hydrogen-bond donors (Lipinski definition) is 0. The Kier molecular flexibility index (Phi) is 2.61. The molecule has 0 N–H and O–H groups in total. The fraction of sp³-hybridized carbons (Fsp3) is 0. The predicted octanol–water partition coefficient (Wildman–Crippen LogP) is 3.94. The molecule has 0 amide bonds. The molecule has 3 rings (SSSR count). The van der Waals surface area contributed by atoms with Crippen molar-refractivity contribution in [2.24, 2.45) is 0 Å². The van der Waals surface area contributed by atoms with E-state index in [4.69, 9.17) is 0 Å². The Morgan fingerprint density at radius 1 is 0.944 bits per heavy atom. The second kappa shape index (κ2) is 4.41. The molecule has 0 atom stereocenters. The van der Waals surface area contributed by atoms with E-state index < -0.39 is 0 Å². The van der Waals surface area contributed by atoms with Gasteiger partial charge in [0.25, 0.3) is 0 Å². The summed E-state index contributed by atoms with van der Waals surface area (Å²) in [5.41, 5.74) is 2.02. The molecule has 86 valence electrons. The third kappa shape index (κ3) is 1.89. The smallest absolute Gasteiger partial charge is 0.151 e. The van der Waals surface area contributed by atoms with E-state index in [0.717, 1.165) is 11.3 Å². The largest absolute Gasteiger partial charge is 0.237 e. The lowest BCUT2D eigenvalue weighted by molar-refractivity contribution is 1.14. The zero-order valence-electron chi connectivity index (χ0n) is 9.88. The van der Waals surface area contributed by atoms with Crippen LogP contribution in [0.3, 0.4) is 0 Å². The molecule has 0 aliphatic carbocycles. The second-order valence-electron chi connectivity index (χ2n) is 4.07. The van der Waals surface area contributed by atoms with Crippen molar-refractivity contribution >= 4 is 16.8 Å². The van der Waals surface area contributed by atoms with Crippen LogP contribution in [0.15, 0.2) is 61.3 Å². The molecule has 0 bridgehead atoms. The van der Waals surface area contributed by atoms with Gasteiger partial charge in [-0.05, 0) is 29.0 Å². The van der Waals surface area contributed by atoms with E-state index in [1.54, 1.807) is 12.3 Å². The zero-order valence-corrected chi connectivity index (χ0v) is 9.88. The first kappa shape index (κ1) is 10.7. The Labute approximate surface area is 106 Å². The lowest BCUT2D eigenvalue weighted by atomic mass is 10.1. The van der Waals surface area contributed by atoms with E-state index in [9.17, 15) is 0 Å². The van der Waals surface area contributed by atoms with Crippen LogP contribution in [0.1, 0.15) is 5.82 Å². The summed E-state index contributed by atoms with van der Waals surface area (Å²) >= 11 is 0. The standard InChI is InChI=1S/C16H12N2/c1-2-16-17-10-9-15(18-16)14-8-7-12-5-3-4-6-13(12)11-14/h2-11H,1H2. The lowest BCUT2D eigenvalue weighted by Gasteiger charge is -2.03. The van der Waals surface area contributed by atoms with Crippen LogP contribution in [0.5, 0.6) is 0 Å². The molecule has 2 aromatic carbocycles. The van der Waals surface area contributed by atoms with E-state index >= 15 is 0 Å². The molecule has 0 spiro atoms. The minimum atomic E-state index is 0.653. The third-order valence-corrected chi connectivity index (χ3v) is 2.90. The molecule has 2 nitrogen and oxygen atoms in total. The van der Waals surface area contributed by atoms with E-state index in [0.29, 0.717) is 5.82 Å². The van der Waals surface area contributed by atoms with E-state index in [-0.39, 0.29) is 0 Å². The van der Waals surface area contributed by atoms with Gasteiger partial charge in [-0.25, -0.2) is 9.97 Å². The van der Waals surface area contributed by atoms with Crippen molar-refractivity contribution in [3.05, 3.63) is 67.1 Å². The molecule has 0 aliphatic rings. The van der Waals surface area contributed by atoms with Gasteiger partial charge in [-0.1, -0.05) is 43.0 Å². The van der Waals surface area contributed by atoms with Gasteiger partial charge in [0.05, 0.1) is 5.69 Å². The second-order valence-corrected chi connectivity index (χ2v) is 4.07. The normalized spacial score (nSPS) is 10.4. The fourth-order valence-electron chi connectivity index (χ4n) is 1.98. The Morgan fingerprint density at radius 3 is 2.61 bits per heavy atom. The first-order chi connectivity index (χ1) is 8.86. The maximum Gasteiger partial charge on any atom is 0.151 e. The number of hydrogen-bond acceptors (Lipinski definition) is 2. The Bertz CT molecular complexity index is 717. The maximum atomic E-state index is 4.44. The molecule has 3 aromatic rings. The summed E-state index contributed by atoms with van der Waals surface area (Å²) in [5.74, 6) is 0.653. The van der Waals surface area contributed by atoms with Gasteiger partial charge in [-0.2, -0.15) is 0 Å². The van der Waals surface area contributed by atoms with Crippen LogP contribution in [0.4, 0.5) is 0 Å². The third-order valence-electron chi connectivity index (χ3n) is 2.90. The van der Waals surface area contributed by atoms with E-state index in [1.165, 1.54) is 10.8 Å². The molecular weight excluding hydrogens is 220 g/mol. The average Bonchev–Trinajstić information content (AvgIpc) is 2.47. The SMILES string of the molecule is C=Cc1nccc(-c2ccc3ccccc3c2)n1. The lowest BCUT2D eigenvalue weighted by Crippen LogP contribution is -1.89. The highest BCUT2D eigenvalue weighted by atomic mass is 14.9. The number of fused-ring (bicyclic) bond motifs is 1. The highest BCUT2D eigenvalue weighted by Gasteiger charge is 2.01. The van der Waals surface area contributed by atoms with E-state index in [1.807, 2.05) is 18.2 Å². The van der Waals surface area contributed by atoms with Crippen molar-refractivity contribution in [1.29, 1.82) is 0 Å². The highest BCUT2D eigenvalue weighted by molar-refractivity contribution is 5.86. The number of rotatable bonds is 2. The van der Waals surface area contributed by atoms with Crippen LogP contribution in [0.2, 0.25) is 0 Å². The predicted molar refractivity (Wildman–Crippen MR) is 75.1 cm³/mol. The van der Waals surface area contributed by atoms with Crippen LogP contribution in [0, 0.1) is 0 Å². The van der Waals surface area contributed by atoms with Gasteiger partial charge in [0, 0.05) is 11.8 Å². The van der Waals surface area contributed by atoms with Crippen LogP contribution in [0.25, 0.3) is 28.1 Å². The monoisotopic (exact) mass is 232 g/mol. The summed E-state index contributed by atoms with van der Waals surface area (Å²) in [4.78, 5) is 8.56. The first-order valence-corrected chi connectivity index (χ1v) is 5.81. The van der Waals surface area contributed by atoms with Gasteiger partial charge >= 0.3 is 0 Å². The van der Waals surface area contributed by atoms with Gasteiger partial charge in [0.1, 0.15) is 0 Å². The van der Waals surface area contributed by atoms with Crippen molar-refractivity contribution in [1.82, 2.24) is 9.97 Å². The van der Waals surface area contributed by atoms with Crippen molar-refractivity contribution < 1.29 is 0 Å². The van der Waals surface area contributed by atoms with Crippen LogP contribution >= 0.6 is 0 Å². The molecule has 0 unspecified atom stereocenters. The fourth-order valence-corrected chi connectivity index (χ4v) is 1.98. The first-order valence-electron chi connectivity index (χ1n) is 5.81. The topological polar surface area (TPSA) is 25.8 Å². The zero-order chi connectivity index (χ0) is 12.4. The maximum absolute atomic E-state index is 4.44. The summed E-state index contributed by atoms with van der Waals surface area (Å²) in [6.07, 6.45) is 3.42. The van der Waals surface area contributed by atoms with Crippen molar-refractivity contribution in [2.75, 3.05) is 0 Å². The number of benzene rings is 2. The van der Waals surface area contributed by atoms with Gasteiger partial charge in [0.2, 0.25) is 0 Å². The van der Waals surface area contributed by atoms with Crippen molar-refractivity contribution in [3.63, 3.8) is 0 Å².